The van der Waals surface area contributed by atoms with Gasteiger partial charge in [-0.15, -0.1) is 0 Å². The van der Waals surface area contributed by atoms with Crippen LogP contribution in [-0.4, -0.2) is 27.7 Å². The SMILES string of the molecule is CCOC(=O)c1c(-c2cnc(C)nc2)noc1C. The fourth-order valence-corrected chi connectivity index (χ4v) is 1.53. The zero-order valence-electron chi connectivity index (χ0n) is 10.4. The molecule has 0 aliphatic heterocycles. The molecular formula is C12H13N3O3. The number of esters is 1. The van der Waals surface area contributed by atoms with E-state index in [1.54, 1.807) is 33.2 Å². The van der Waals surface area contributed by atoms with Crippen molar-refractivity contribution in [1.82, 2.24) is 15.1 Å². The Balaban J connectivity index is 2.45. The number of hydrogen-bond acceptors (Lipinski definition) is 6. The van der Waals surface area contributed by atoms with Crippen LogP contribution in [0.2, 0.25) is 0 Å². The second-order valence-electron chi connectivity index (χ2n) is 3.70. The van der Waals surface area contributed by atoms with Crippen molar-refractivity contribution < 1.29 is 14.1 Å². The van der Waals surface area contributed by atoms with Crippen LogP contribution >= 0.6 is 0 Å². The quantitative estimate of drug-likeness (QED) is 0.771. The van der Waals surface area contributed by atoms with Gasteiger partial charge in [0.25, 0.3) is 0 Å². The van der Waals surface area contributed by atoms with E-state index >= 15 is 0 Å². The molecule has 0 amide bonds. The number of carbonyl (C=O) groups is 1. The van der Waals surface area contributed by atoms with E-state index in [1.807, 2.05) is 0 Å². The van der Waals surface area contributed by atoms with Crippen LogP contribution in [0.5, 0.6) is 0 Å². The molecule has 2 rings (SSSR count). The van der Waals surface area contributed by atoms with E-state index in [-0.39, 0.29) is 0 Å². The second kappa shape index (κ2) is 4.95. The maximum Gasteiger partial charge on any atom is 0.344 e. The number of carbonyl (C=O) groups excluding carboxylic acids is 1. The lowest BCUT2D eigenvalue weighted by molar-refractivity contribution is 0.0525. The van der Waals surface area contributed by atoms with Crippen LogP contribution in [0.25, 0.3) is 11.3 Å². The van der Waals surface area contributed by atoms with Gasteiger partial charge in [0.2, 0.25) is 0 Å². The minimum atomic E-state index is -0.452. The highest BCUT2D eigenvalue weighted by Gasteiger charge is 2.22. The van der Waals surface area contributed by atoms with Crippen LogP contribution in [0.15, 0.2) is 16.9 Å². The van der Waals surface area contributed by atoms with Gasteiger partial charge in [0.15, 0.2) is 0 Å². The Morgan fingerprint density at radius 3 is 2.61 bits per heavy atom. The average molecular weight is 247 g/mol. The number of aromatic nitrogens is 3. The molecule has 0 aliphatic carbocycles. The summed E-state index contributed by atoms with van der Waals surface area (Å²) in [5.41, 5.74) is 1.36. The predicted molar refractivity (Wildman–Crippen MR) is 63.0 cm³/mol. The summed E-state index contributed by atoms with van der Waals surface area (Å²) in [7, 11) is 0. The van der Waals surface area contributed by atoms with Crippen molar-refractivity contribution in [2.45, 2.75) is 20.8 Å². The molecule has 0 N–H and O–H groups in total. The summed E-state index contributed by atoms with van der Waals surface area (Å²) < 4.78 is 10.0. The normalized spacial score (nSPS) is 10.4. The van der Waals surface area contributed by atoms with Gasteiger partial charge in [0.1, 0.15) is 22.8 Å². The highest BCUT2D eigenvalue weighted by molar-refractivity contribution is 5.96. The Bertz CT molecular complexity index is 560. The smallest absolute Gasteiger partial charge is 0.344 e. The van der Waals surface area contributed by atoms with E-state index in [4.69, 9.17) is 9.26 Å². The molecular weight excluding hydrogens is 234 g/mol. The van der Waals surface area contributed by atoms with Crippen LogP contribution in [-0.2, 0) is 4.74 Å². The van der Waals surface area contributed by atoms with Gasteiger partial charge in [-0.05, 0) is 20.8 Å². The molecule has 2 aromatic rings. The number of nitrogens with zero attached hydrogens (tertiary/aromatic N) is 3. The lowest BCUT2D eigenvalue weighted by Gasteiger charge is -2.02. The van der Waals surface area contributed by atoms with E-state index in [2.05, 4.69) is 15.1 Å². The van der Waals surface area contributed by atoms with Crippen LogP contribution in [0.4, 0.5) is 0 Å². The molecule has 18 heavy (non-hydrogen) atoms. The molecule has 0 bridgehead atoms. The first-order valence-electron chi connectivity index (χ1n) is 5.56. The molecule has 0 radical (unpaired) electrons. The molecule has 6 heteroatoms. The largest absolute Gasteiger partial charge is 0.462 e. The van der Waals surface area contributed by atoms with Crippen LogP contribution in [0.1, 0.15) is 28.9 Å². The molecule has 0 spiro atoms. The van der Waals surface area contributed by atoms with Gasteiger partial charge in [-0.25, -0.2) is 14.8 Å². The van der Waals surface area contributed by atoms with E-state index < -0.39 is 5.97 Å². The Morgan fingerprint density at radius 2 is 2.00 bits per heavy atom. The third kappa shape index (κ3) is 2.22. The van der Waals surface area contributed by atoms with Gasteiger partial charge in [-0.3, -0.25) is 0 Å². The molecule has 2 aromatic heterocycles. The number of hydrogen-bond donors (Lipinski definition) is 0. The van der Waals surface area contributed by atoms with Crippen LogP contribution in [0.3, 0.4) is 0 Å². The van der Waals surface area contributed by atoms with E-state index in [0.29, 0.717) is 35.0 Å². The fraction of sp³-hybridized carbons (Fsp3) is 0.333. The summed E-state index contributed by atoms with van der Waals surface area (Å²) in [6.45, 7) is 5.49. The monoisotopic (exact) mass is 247 g/mol. The van der Waals surface area contributed by atoms with Crippen molar-refractivity contribution in [2.75, 3.05) is 6.61 Å². The van der Waals surface area contributed by atoms with Crippen LogP contribution in [0, 0.1) is 13.8 Å². The maximum atomic E-state index is 11.8. The molecule has 6 nitrogen and oxygen atoms in total. The maximum absolute atomic E-state index is 11.8. The molecule has 94 valence electrons. The lowest BCUT2D eigenvalue weighted by atomic mass is 10.1. The molecule has 0 fully saturated rings. The van der Waals surface area contributed by atoms with Gasteiger partial charge in [0.05, 0.1) is 6.61 Å². The number of rotatable bonds is 3. The number of aryl methyl sites for hydroxylation is 2. The third-order valence-electron chi connectivity index (χ3n) is 2.40. The first-order valence-corrected chi connectivity index (χ1v) is 5.56. The highest BCUT2D eigenvalue weighted by atomic mass is 16.5. The van der Waals surface area contributed by atoms with Gasteiger partial charge >= 0.3 is 5.97 Å². The molecule has 0 atom stereocenters. The number of ether oxygens (including phenoxy) is 1. The summed E-state index contributed by atoms with van der Waals surface area (Å²) in [5, 5.41) is 3.86. The van der Waals surface area contributed by atoms with Crippen molar-refractivity contribution in [3.05, 3.63) is 29.5 Å². The van der Waals surface area contributed by atoms with Crippen LogP contribution < -0.4 is 0 Å². The van der Waals surface area contributed by atoms with Gasteiger partial charge in [-0.1, -0.05) is 5.16 Å². The molecule has 0 aromatic carbocycles. The van der Waals surface area contributed by atoms with E-state index in [9.17, 15) is 4.79 Å². The standard InChI is InChI=1S/C12H13N3O3/c1-4-17-12(16)10-7(2)18-15-11(10)9-5-13-8(3)14-6-9/h5-6H,4H2,1-3H3. The summed E-state index contributed by atoms with van der Waals surface area (Å²) in [6.07, 6.45) is 3.20. The summed E-state index contributed by atoms with van der Waals surface area (Å²) in [4.78, 5) is 20.0. The third-order valence-corrected chi connectivity index (χ3v) is 2.40. The predicted octanol–water partition coefficient (Wildman–Crippen LogP) is 1.93. The van der Waals surface area contributed by atoms with Crippen molar-refractivity contribution in [3.8, 4) is 11.3 Å². The van der Waals surface area contributed by atoms with Gasteiger partial charge in [0, 0.05) is 18.0 Å². The minimum absolute atomic E-state index is 0.299. The topological polar surface area (TPSA) is 78.1 Å². The Hall–Kier alpha value is -2.24. The van der Waals surface area contributed by atoms with Gasteiger partial charge < -0.3 is 9.26 Å². The Morgan fingerprint density at radius 1 is 1.33 bits per heavy atom. The van der Waals surface area contributed by atoms with E-state index in [1.165, 1.54) is 0 Å². The Kier molecular flexibility index (Phi) is 3.36. The minimum Gasteiger partial charge on any atom is -0.462 e. The first kappa shape index (κ1) is 12.2. The molecule has 0 aliphatic rings. The second-order valence-corrected chi connectivity index (χ2v) is 3.70. The highest BCUT2D eigenvalue weighted by Crippen LogP contribution is 2.24. The molecule has 0 unspecified atom stereocenters. The molecule has 2 heterocycles. The van der Waals surface area contributed by atoms with Crippen molar-refractivity contribution in [1.29, 1.82) is 0 Å². The average Bonchev–Trinajstić information content (AvgIpc) is 2.72. The van der Waals surface area contributed by atoms with E-state index in [0.717, 1.165) is 0 Å². The van der Waals surface area contributed by atoms with Crippen molar-refractivity contribution in [3.63, 3.8) is 0 Å². The first-order chi connectivity index (χ1) is 8.63. The zero-order valence-corrected chi connectivity index (χ0v) is 10.4. The fourth-order valence-electron chi connectivity index (χ4n) is 1.53. The molecule has 0 saturated carbocycles. The van der Waals surface area contributed by atoms with Crippen molar-refractivity contribution in [2.24, 2.45) is 0 Å². The van der Waals surface area contributed by atoms with Gasteiger partial charge in [-0.2, -0.15) is 0 Å². The summed E-state index contributed by atoms with van der Waals surface area (Å²) in [6, 6.07) is 0. The molecule has 0 saturated heterocycles. The Labute approximate surface area is 104 Å². The summed E-state index contributed by atoms with van der Waals surface area (Å²) >= 11 is 0. The van der Waals surface area contributed by atoms with Crippen molar-refractivity contribution >= 4 is 5.97 Å². The lowest BCUT2D eigenvalue weighted by Crippen LogP contribution is -2.06. The summed E-state index contributed by atoms with van der Waals surface area (Å²) in [5.74, 6) is 0.618. The zero-order chi connectivity index (χ0) is 13.1.